The molecule has 1 aliphatic heterocycles. The molecule has 0 radical (unpaired) electrons. The molecule has 0 bridgehead atoms. The van der Waals surface area contributed by atoms with E-state index in [2.05, 4.69) is 21.7 Å². The number of likely N-dealkylation sites (tertiary alicyclic amines) is 1. The first-order chi connectivity index (χ1) is 7.75. The van der Waals surface area contributed by atoms with Crippen molar-refractivity contribution in [3.05, 3.63) is 22.4 Å². The number of hydrogen-bond donors (Lipinski definition) is 1. The molecule has 4 heteroatoms. The van der Waals surface area contributed by atoms with Gasteiger partial charge in [-0.3, -0.25) is 4.79 Å². The number of carboxylic acid groups (broad SMARTS) is 1. The monoisotopic (exact) mass is 239 g/mol. The molecular weight excluding hydrogens is 222 g/mol. The number of carboxylic acids is 1. The molecular formula is C12H17NO2S. The molecule has 0 aromatic carbocycles. The number of aliphatic carboxylic acids is 1. The molecule has 2 heterocycles. The van der Waals surface area contributed by atoms with Crippen LogP contribution in [-0.2, 0) is 11.2 Å². The van der Waals surface area contributed by atoms with Gasteiger partial charge in [0.2, 0.25) is 0 Å². The van der Waals surface area contributed by atoms with Crippen LogP contribution < -0.4 is 0 Å². The minimum absolute atomic E-state index is 0.156. The predicted octanol–water partition coefficient (Wildman–Crippen LogP) is 2.09. The molecule has 1 N–H and O–H groups in total. The maximum Gasteiger partial charge on any atom is 0.307 e. The van der Waals surface area contributed by atoms with Gasteiger partial charge in [0.05, 0.1) is 5.92 Å². The van der Waals surface area contributed by atoms with E-state index in [-0.39, 0.29) is 5.92 Å². The summed E-state index contributed by atoms with van der Waals surface area (Å²) in [6.45, 7) is 2.76. The van der Waals surface area contributed by atoms with Crippen molar-refractivity contribution >= 4 is 17.3 Å². The fourth-order valence-electron chi connectivity index (χ4n) is 2.18. The molecule has 3 nitrogen and oxygen atoms in total. The molecule has 0 spiro atoms. The molecule has 1 aromatic heterocycles. The van der Waals surface area contributed by atoms with Crippen molar-refractivity contribution < 1.29 is 9.90 Å². The summed E-state index contributed by atoms with van der Waals surface area (Å²) in [5.41, 5.74) is 1.36. The lowest BCUT2D eigenvalue weighted by Gasteiger charge is -2.30. The Kier molecular flexibility index (Phi) is 3.96. The van der Waals surface area contributed by atoms with E-state index in [4.69, 9.17) is 5.11 Å². The van der Waals surface area contributed by atoms with Crippen molar-refractivity contribution in [2.45, 2.75) is 19.3 Å². The second-order valence-corrected chi connectivity index (χ2v) is 5.14. The van der Waals surface area contributed by atoms with Crippen LogP contribution >= 0.6 is 11.3 Å². The highest BCUT2D eigenvalue weighted by molar-refractivity contribution is 7.07. The number of carbonyl (C=O) groups is 1. The first kappa shape index (κ1) is 11.6. The third kappa shape index (κ3) is 3.06. The van der Waals surface area contributed by atoms with E-state index < -0.39 is 5.97 Å². The topological polar surface area (TPSA) is 40.5 Å². The van der Waals surface area contributed by atoms with E-state index in [9.17, 15) is 4.79 Å². The lowest BCUT2D eigenvalue weighted by Crippen LogP contribution is -2.39. The maximum absolute atomic E-state index is 10.9. The SMILES string of the molecule is O=C(O)C1CCCN(CCc2ccsc2)C1. The summed E-state index contributed by atoms with van der Waals surface area (Å²) < 4.78 is 0. The Morgan fingerprint density at radius 1 is 1.62 bits per heavy atom. The molecule has 1 aromatic rings. The van der Waals surface area contributed by atoms with E-state index in [0.29, 0.717) is 0 Å². The standard InChI is InChI=1S/C12H17NO2S/c14-12(15)11-2-1-5-13(8-11)6-3-10-4-7-16-9-10/h4,7,9,11H,1-3,5-6,8H2,(H,14,15). The third-order valence-electron chi connectivity index (χ3n) is 3.15. The van der Waals surface area contributed by atoms with Crippen LogP contribution in [0, 0.1) is 5.92 Å². The summed E-state index contributed by atoms with van der Waals surface area (Å²) in [5, 5.41) is 13.2. The number of hydrogen-bond acceptors (Lipinski definition) is 3. The Morgan fingerprint density at radius 2 is 2.50 bits per heavy atom. The van der Waals surface area contributed by atoms with Gasteiger partial charge < -0.3 is 10.0 Å². The molecule has 0 aliphatic carbocycles. The number of nitrogens with zero attached hydrogens (tertiary/aromatic N) is 1. The number of rotatable bonds is 4. The Labute approximate surface area is 99.7 Å². The molecule has 1 unspecified atom stereocenters. The van der Waals surface area contributed by atoms with Gasteiger partial charge in [-0.25, -0.2) is 0 Å². The highest BCUT2D eigenvalue weighted by Gasteiger charge is 2.24. The molecule has 0 saturated carbocycles. The normalized spacial score (nSPS) is 22.1. The molecule has 0 amide bonds. The van der Waals surface area contributed by atoms with Crippen LogP contribution in [0.5, 0.6) is 0 Å². The highest BCUT2D eigenvalue weighted by Crippen LogP contribution is 2.17. The zero-order chi connectivity index (χ0) is 11.4. The smallest absolute Gasteiger partial charge is 0.307 e. The fraction of sp³-hybridized carbons (Fsp3) is 0.583. The van der Waals surface area contributed by atoms with E-state index in [1.165, 1.54) is 5.56 Å². The van der Waals surface area contributed by atoms with Gasteiger partial charge in [0.25, 0.3) is 0 Å². The molecule has 1 atom stereocenters. The molecule has 88 valence electrons. The van der Waals surface area contributed by atoms with Gasteiger partial charge in [-0.1, -0.05) is 0 Å². The van der Waals surface area contributed by atoms with Crippen LogP contribution in [0.15, 0.2) is 16.8 Å². The zero-order valence-electron chi connectivity index (χ0n) is 9.26. The summed E-state index contributed by atoms with van der Waals surface area (Å²) in [6.07, 6.45) is 2.89. The van der Waals surface area contributed by atoms with Crippen molar-refractivity contribution in [1.29, 1.82) is 0 Å². The highest BCUT2D eigenvalue weighted by atomic mass is 32.1. The average molecular weight is 239 g/mol. The third-order valence-corrected chi connectivity index (χ3v) is 3.88. The summed E-state index contributed by atoms with van der Waals surface area (Å²) in [6, 6.07) is 2.14. The van der Waals surface area contributed by atoms with Crippen LogP contribution in [0.1, 0.15) is 18.4 Å². The van der Waals surface area contributed by atoms with Crippen molar-refractivity contribution in [1.82, 2.24) is 4.90 Å². The van der Waals surface area contributed by atoms with Crippen molar-refractivity contribution in [2.24, 2.45) is 5.92 Å². The van der Waals surface area contributed by atoms with E-state index in [1.54, 1.807) is 11.3 Å². The van der Waals surface area contributed by atoms with Gasteiger partial charge in [0.1, 0.15) is 0 Å². The van der Waals surface area contributed by atoms with Crippen LogP contribution in [0.2, 0.25) is 0 Å². The molecule has 1 aliphatic rings. The Bertz CT molecular complexity index is 337. The summed E-state index contributed by atoms with van der Waals surface area (Å²) in [7, 11) is 0. The van der Waals surface area contributed by atoms with Crippen LogP contribution in [-0.4, -0.2) is 35.6 Å². The first-order valence-electron chi connectivity index (χ1n) is 5.72. The van der Waals surface area contributed by atoms with Crippen molar-refractivity contribution in [3.8, 4) is 0 Å². The second-order valence-electron chi connectivity index (χ2n) is 4.36. The molecule has 16 heavy (non-hydrogen) atoms. The summed E-state index contributed by atoms with van der Waals surface area (Å²) >= 11 is 1.72. The van der Waals surface area contributed by atoms with E-state index in [1.807, 2.05) is 0 Å². The van der Waals surface area contributed by atoms with E-state index >= 15 is 0 Å². The summed E-state index contributed by atoms with van der Waals surface area (Å²) in [5.74, 6) is -0.795. The van der Waals surface area contributed by atoms with Crippen molar-refractivity contribution in [2.75, 3.05) is 19.6 Å². The van der Waals surface area contributed by atoms with Crippen LogP contribution in [0.25, 0.3) is 0 Å². The fourth-order valence-corrected chi connectivity index (χ4v) is 2.89. The van der Waals surface area contributed by atoms with Gasteiger partial charge >= 0.3 is 5.97 Å². The molecule has 1 fully saturated rings. The Hall–Kier alpha value is -0.870. The number of piperidine rings is 1. The molecule has 2 rings (SSSR count). The zero-order valence-corrected chi connectivity index (χ0v) is 10.1. The number of thiophene rings is 1. The second kappa shape index (κ2) is 5.46. The van der Waals surface area contributed by atoms with Gasteiger partial charge in [-0.15, -0.1) is 0 Å². The van der Waals surface area contributed by atoms with Gasteiger partial charge in [0.15, 0.2) is 0 Å². The Balaban J connectivity index is 1.79. The Morgan fingerprint density at radius 3 is 3.19 bits per heavy atom. The van der Waals surface area contributed by atoms with Crippen molar-refractivity contribution in [3.63, 3.8) is 0 Å². The van der Waals surface area contributed by atoms with Gasteiger partial charge in [0, 0.05) is 13.1 Å². The minimum Gasteiger partial charge on any atom is -0.481 e. The van der Waals surface area contributed by atoms with E-state index in [0.717, 1.165) is 38.9 Å². The van der Waals surface area contributed by atoms with Crippen LogP contribution in [0.4, 0.5) is 0 Å². The lowest BCUT2D eigenvalue weighted by molar-refractivity contribution is -0.143. The predicted molar refractivity (Wildman–Crippen MR) is 64.8 cm³/mol. The summed E-state index contributed by atoms with van der Waals surface area (Å²) in [4.78, 5) is 13.2. The minimum atomic E-state index is -0.639. The average Bonchev–Trinajstić information content (AvgIpc) is 2.79. The molecule has 1 saturated heterocycles. The van der Waals surface area contributed by atoms with Gasteiger partial charge in [-0.2, -0.15) is 11.3 Å². The quantitative estimate of drug-likeness (QED) is 0.874. The lowest BCUT2D eigenvalue weighted by atomic mass is 9.98. The van der Waals surface area contributed by atoms with Crippen LogP contribution in [0.3, 0.4) is 0 Å². The van der Waals surface area contributed by atoms with Gasteiger partial charge in [-0.05, 0) is 48.2 Å². The first-order valence-corrected chi connectivity index (χ1v) is 6.66. The maximum atomic E-state index is 10.9. The largest absolute Gasteiger partial charge is 0.481 e.